The van der Waals surface area contributed by atoms with Crippen molar-refractivity contribution in [2.45, 2.75) is 57.2 Å². The fourth-order valence-corrected chi connectivity index (χ4v) is 3.43. The SMILES string of the molecule is CC1CCC(Nc2nc(NCc3cnccc3C(F)(F)F)ncc2C(F)(F)F)CC1O. The Labute approximate surface area is 174 Å². The summed E-state index contributed by atoms with van der Waals surface area (Å²) in [7, 11) is 0. The van der Waals surface area contributed by atoms with Crippen LogP contribution in [0.1, 0.15) is 42.9 Å². The van der Waals surface area contributed by atoms with Crippen molar-refractivity contribution in [2.75, 3.05) is 10.6 Å². The lowest BCUT2D eigenvalue weighted by Crippen LogP contribution is -2.35. The molecule has 2 heterocycles. The zero-order valence-electron chi connectivity index (χ0n) is 16.4. The third-order valence-electron chi connectivity index (χ3n) is 5.23. The van der Waals surface area contributed by atoms with E-state index in [2.05, 4.69) is 25.6 Å². The average Bonchev–Trinajstić information content (AvgIpc) is 2.68. The van der Waals surface area contributed by atoms with Crippen LogP contribution in [0.25, 0.3) is 0 Å². The Morgan fingerprint density at radius 1 is 1.06 bits per heavy atom. The molecule has 1 saturated carbocycles. The molecule has 0 amide bonds. The summed E-state index contributed by atoms with van der Waals surface area (Å²) in [5.41, 5.74) is -2.20. The Hall–Kier alpha value is -2.63. The number of nitrogens with one attached hydrogen (secondary N) is 2. The third kappa shape index (κ3) is 5.75. The number of anilines is 2. The van der Waals surface area contributed by atoms with Gasteiger partial charge in [-0.05, 0) is 31.2 Å². The van der Waals surface area contributed by atoms with E-state index in [1.807, 2.05) is 6.92 Å². The van der Waals surface area contributed by atoms with E-state index in [-0.39, 0.29) is 30.4 Å². The molecule has 170 valence electrons. The second-order valence-electron chi connectivity index (χ2n) is 7.54. The van der Waals surface area contributed by atoms with Crippen molar-refractivity contribution >= 4 is 11.8 Å². The van der Waals surface area contributed by atoms with Gasteiger partial charge in [0.2, 0.25) is 5.95 Å². The molecule has 0 saturated heterocycles. The maximum Gasteiger partial charge on any atom is 0.421 e. The number of hydrogen-bond donors (Lipinski definition) is 3. The highest BCUT2D eigenvalue weighted by Gasteiger charge is 2.37. The van der Waals surface area contributed by atoms with Gasteiger partial charge in [0, 0.05) is 36.7 Å². The highest BCUT2D eigenvalue weighted by molar-refractivity contribution is 5.49. The molecule has 6 nitrogen and oxygen atoms in total. The number of alkyl halides is 6. The van der Waals surface area contributed by atoms with Crippen LogP contribution in [0.4, 0.5) is 38.1 Å². The van der Waals surface area contributed by atoms with Crippen molar-refractivity contribution in [3.8, 4) is 0 Å². The minimum absolute atomic E-state index is 0.0464. The van der Waals surface area contributed by atoms with Crippen LogP contribution in [-0.4, -0.2) is 32.2 Å². The Kier molecular flexibility index (Phi) is 6.58. The maximum atomic E-state index is 13.4. The van der Waals surface area contributed by atoms with Crippen LogP contribution in [0, 0.1) is 5.92 Å². The highest BCUT2D eigenvalue weighted by Crippen LogP contribution is 2.36. The summed E-state index contributed by atoms with van der Waals surface area (Å²) in [6, 6.07) is 0.387. The number of pyridine rings is 1. The van der Waals surface area contributed by atoms with E-state index in [0.29, 0.717) is 19.0 Å². The first-order chi connectivity index (χ1) is 14.4. The maximum absolute atomic E-state index is 13.4. The predicted molar refractivity (Wildman–Crippen MR) is 100 cm³/mol. The van der Waals surface area contributed by atoms with Gasteiger partial charge in [0.15, 0.2) is 0 Å². The van der Waals surface area contributed by atoms with E-state index in [4.69, 9.17) is 0 Å². The van der Waals surface area contributed by atoms with Crippen molar-refractivity contribution in [2.24, 2.45) is 5.92 Å². The minimum Gasteiger partial charge on any atom is -0.393 e. The lowest BCUT2D eigenvalue weighted by atomic mass is 9.85. The van der Waals surface area contributed by atoms with Crippen LogP contribution < -0.4 is 10.6 Å². The molecule has 1 aliphatic carbocycles. The van der Waals surface area contributed by atoms with Gasteiger partial charge in [-0.3, -0.25) is 4.98 Å². The van der Waals surface area contributed by atoms with Crippen molar-refractivity contribution in [3.63, 3.8) is 0 Å². The predicted octanol–water partition coefficient (Wildman–Crippen LogP) is 4.48. The van der Waals surface area contributed by atoms with Crippen LogP contribution in [0.5, 0.6) is 0 Å². The van der Waals surface area contributed by atoms with Gasteiger partial charge < -0.3 is 15.7 Å². The van der Waals surface area contributed by atoms with E-state index in [1.54, 1.807) is 0 Å². The zero-order valence-corrected chi connectivity index (χ0v) is 16.4. The van der Waals surface area contributed by atoms with Gasteiger partial charge in [-0.15, -0.1) is 0 Å². The van der Waals surface area contributed by atoms with Crippen LogP contribution in [-0.2, 0) is 18.9 Å². The molecule has 2 aromatic rings. The molecule has 2 aromatic heterocycles. The largest absolute Gasteiger partial charge is 0.421 e. The fourth-order valence-electron chi connectivity index (χ4n) is 3.43. The van der Waals surface area contributed by atoms with Gasteiger partial charge in [0.1, 0.15) is 11.4 Å². The molecule has 3 unspecified atom stereocenters. The molecule has 0 radical (unpaired) electrons. The second-order valence-corrected chi connectivity index (χ2v) is 7.54. The lowest BCUT2D eigenvalue weighted by Gasteiger charge is -2.32. The van der Waals surface area contributed by atoms with E-state index in [9.17, 15) is 31.4 Å². The van der Waals surface area contributed by atoms with Gasteiger partial charge in [-0.1, -0.05) is 6.92 Å². The molecule has 0 aromatic carbocycles. The number of nitrogens with zero attached hydrogens (tertiary/aromatic N) is 3. The number of aliphatic hydroxyl groups is 1. The molecule has 3 rings (SSSR count). The Balaban J connectivity index is 1.81. The van der Waals surface area contributed by atoms with E-state index >= 15 is 0 Å². The summed E-state index contributed by atoms with van der Waals surface area (Å²) in [4.78, 5) is 11.1. The molecular weight excluding hydrogens is 428 g/mol. The van der Waals surface area contributed by atoms with Crippen LogP contribution in [0.3, 0.4) is 0 Å². The zero-order chi connectivity index (χ0) is 22.8. The van der Waals surface area contributed by atoms with E-state index < -0.39 is 41.4 Å². The summed E-state index contributed by atoms with van der Waals surface area (Å²) >= 11 is 0. The smallest absolute Gasteiger partial charge is 0.393 e. The molecule has 0 aliphatic heterocycles. The van der Waals surface area contributed by atoms with Crippen molar-refractivity contribution < 1.29 is 31.4 Å². The lowest BCUT2D eigenvalue weighted by molar-refractivity contribution is -0.138. The van der Waals surface area contributed by atoms with Crippen molar-refractivity contribution in [1.29, 1.82) is 0 Å². The number of aromatic nitrogens is 3. The average molecular weight is 449 g/mol. The Morgan fingerprint density at radius 3 is 2.42 bits per heavy atom. The summed E-state index contributed by atoms with van der Waals surface area (Å²) in [6.07, 6.45) is -5.94. The molecular formula is C19H21F6N5O. The highest BCUT2D eigenvalue weighted by atomic mass is 19.4. The van der Waals surface area contributed by atoms with Crippen LogP contribution in [0.2, 0.25) is 0 Å². The Morgan fingerprint density at radius 2 is 1.77 bits per heavy atom. The van der Waals surface area contributed by atoms with Crippen LogP contribution >= 0.6 is 0 Å². The first kappa shape index (κ1) is 23.0. The van der Waals surface area contributed by atoms with Gasteiger partial charge in [-0.2, -0.15) is 31.3 Å². The Bertz CT molecular complexity index is 904. The number of aliphatic hydroxyl groups excluding tert-OH is 1. The quantitative estimate of drug-likeness (QED) is 0.584. The second kappa shape index (κ2) is 8.85. The fraction of sp³-hybridized carbons (Fsp3) is 0.526. The van der Waals surface area contributed by atoms with Gasteiger partial charge in [0.25, 0.3) is 0 Å². The molecule has 0 bridgehead atoms. The summed E-state index contributed by atoms with van der Waals surface area (Å²) < 4.78 is 79.5. The summed E-state index contributed by atoms with van der Waals surface area (Å²) in [5, 5.41) is 15.3. The monoisotopic (exact) mass is 449 g/mol. The molecule has 12 heteroatoms. The van der Waals surface area contributed by atoms with Gasteiger partial charge >= 0.3 is 12.4 Å². The standard InChI is InChI=1S/C19H21F6N5O/c1-10-2-3-12(6-15(10)31)29-16-14(19(23,24)25)9-28-17(30-16)27-8-11-7-26-5-4-13(11)18(20,21)22/h4-5,7,9-10,12,15,31H,2-3,6,8H2,1H3,(H2,27,28,29,30). The van der Waals surface area contributed by atoms with E-state index in [1.165, 1.54) is 0 Å². The molecule has 3 atom stereocenters. The molecule has 3 N–H and O–H groups in total. The summed E-state index contributed by atoms with van der Waals surface area (Å²) in [5.74, 6) is -0.707. The molecule has 1 aliphatic rings. The first-order valence-corrected chi connectivity index (χ1v) is 9.58. The van der Waals surface area contributed by atoms with Crippen molar-refractivity contribution in [3.05, 3.63) is 41.3 Å². The topological polar surface area (TPSA) is 83.0 Å². The number of hydrogen-bond acceptors (Lipinski definition) is 6. The van der Waals surface area contributed by atoms with Crippen molar-refractivity contribution in [1.82, 2.24) is 15.0 Å². The minimum atomic E-state index is -4.73. The van der Waals surface area contributed by atoms with E-state index in [0.717, 1.165) is 18.5 Å². The van der Waals surface area contributed by atoms with Gasteiger partial charge in [-0.25, -0.2) is 4.98 Å². The first-order valence-electron chi connectivity index (χ1n) is 9.58. The van der Waals surface area contributed by atoms with Gasteiger partial charge in [0.05, 0.1) is 11.7 Å². The van der Waals surface area contributed by atoms with Crippen LogP contribution in [0.15, 0.2) is 24.7 Å². The summed E-state index contributed by atoms with van der Waals surface area (Å²) in [6.45, 7) is 1.48. The molecule has 31 heavy (non-hydrogen) atoms. The third-order valence-corrected chi connectivity index (χ3v) is 5.23. The molecule has 1 fully saturated rings. The number of halogens is 6. The molecule has 0 spiro atoms. The normalized spacial score (nSPS) is 22.3. The number of rotatable bonds is 5.